The Morgan fingerprint density at radius 1 is 0.793 bits per heavy atom. The molecule has 29 heavy (non-hydrogen) atoms. The lowest BCUT2D eigenvalue weighted by Gasteiger charge is -2.18. The van der Waals surface area contributed by atoms with E-state index in [1.807, 2.05) is 30.3 Å². The van der Waals surface area contributed by atoms with Gasteiger partial charge in [-0.25, -0.2) is 0 Å². The van der Waals surface area contributed by atoms with E-state index in [2.05, 4.69) is 25.6 Å². The third kappa shape index (κ3) is 4.06. The molecule has 0 bridgehead atoms. The molecule has 7 heteroatoms. The van der Waals surface area contributed by atoms with Gasteiger partial charge in [-0.3, -0.25) is 4.79 Å². The fourth-order valence-corrected chi connectivity index (χ4v) is 4.22. The minimum Gasteiger partial charge on any atom is -0.352 e. The SMILES string of the molecule is O=C1C(Nc2ccccc2)=CC(=NS(=O)(=O)c2ccc(Br)cc2)c2ccccc21. The Bertz CT molecular complexity index is 1250. The average Bonchev–Trinajstić information content (AvgIpc) is 2.72. The predicted molar refractivity (Wildman–Crippen MR) is 117 cm³/mol. The normalized spacial score (nSPS) is 15.0. The van der Waals surface area contributed by atoms with Crippen LogP contribution in [0.15, 0.2) is 104 Å². The largest absolute Gasteiger partial charge is 0.352 e. The Labute approximate surface area is 177 Å². The van der Waals surface area contributed by atoms with Crippen molar-refractivity contribution in [3.05, 3.63) is 106 Å². The van der Waals surface area contributed by atoms with Crippen molar-refractivity contribution in [1.82, 2.24) is 0 Å². The van der Waals surface area contributed by atoms with Crippen LogP contribution < -0.4 is 5.32 Å². The average molecular weight is 467 g/mol. The van der Waals surface area contributed by atoms with Crippen LogP contribution in [0.2, 0.25) is 0 Å². The van der Waals surface area contributed by atoms with Gasteiger partial charge in [0.05, 0.1) is 16.3 Å². The Morgan fingerprint density at radius 3 is 2.10 bits per heavy atom. The van der Waals surface area contributed by atoms with Gasteiger partial charge in [0.15, 0.2) is 0 Å². The lowest BCUT2D eigenvalue weighted by molar-refractivity contribution is 0.103. The van der Waals surface area contributed by atoms with E-state index in [0.29, 0.717) is 11.1 Å². The summed E-state index contributed by atoms with van der Waals surface area (Å²) in [6.45, 7) is 0. The number of nitrogens with one attached hydrogen (secondary N) is 1. The van der Waals surface area contributed by atoms with Crippen LogP contribution in [-0.2, 0) is 10.0 Å². The summed E-state index contributed by atoms with van der Waals surface area (Å²) in [5.74, 6) is -0.218. The van der Waals surface area contributed by atoms with Crippen LogP contribution in [0.4, 0.5) is 5.69 Å². The highest BCUT2D eigenvalue weighted by atomic mass is 79.9. The Hall–Kier alpha value is -3.03. The molecule has 1 aliphatic carbocycles. The van der Waals surface area contributed by atoms with Gasteiger partial charge in [0.2, 0.25) is 5.78 Å². The predicted octanol–water partition coefficient (Wildman–Crippen LogP) is 4.82. The number of nitrogens with zero attached hydrogens (tertiary/aromatic N) is 1. The highest BCUT2D eigenvalue weighted by Gasteiger charge is 2.26. The van der Waals surface area contributed by atoms with E-state index in [4.69, 9.17) is 0 Å². The van der Waals surface area contributed by atoms with Crippen molar-refractivity contribution < 1.29 is 13.2 Å². The molecule has 0 radical (unpaired) electrons. The van der Waals surface area contributed by atoms with Crippen LogP contribution in [-0.4, -0.2) is 19.9 Å². The molecular formula is C22H15BrN2O3S. The number of rotatable bonds is 4. The molecule has 144 valence electrons. The zero-order valence-corrected chi connectivity index (χ0v) is 17.4. The summed E-state index contributed by atoms with van der Waals surface area (Å²) < 4.78 is 30.5. The van der Waals surface area contributed by atoms with E-state index in [1.165, 1.54) is 18.2 Å². The zero-order valence-electron chi connectivity index (χ0n) is 15.0. The highest BCUT2D eigenvalue weighted by molar-refractivity contribution is 9.10. The molecule has 1 N–H and O–H groups in total. The van der Waals surface area contributed by atoms with E-state index in [-0.39, 0.29) is 22.1 Å². The van der Waals surface area contributed by atoms with Crippen LogP contribution in [0.3, 0.4) is 0 Å². The highest BCUT2D eigenvalue weighted by Crippen LogP contribution is 2.25. The fraction of sp³-hybridized carbons (Fsp3) is 0. The number of fused-ring (bicyclic) bond motifs is 1. The van der Waals surface area contributed by atoms with Gasteiger partial charge in [-0.05, 0) is 42.5 Å². The molecule has 0 heterocycles. The minimum atomic E-state index is -3.95. The lowest BCUT2D eigenvalue weighted by Crippen LogP contribution is -2.22. The smallest absolute Gasteiger partial charge is 0.282 e. The Balaban J connectivity index is 1.82. The van der Waals surface area contributed by atoms with Crippen molar-refractivity contribution in [3.8, 4) is 0 Å². The van der Waals surface area contributed by atoms with Gasteiger partial charge in [-0.2, -0.15) is 12.8 Å². The molecule has 0 saturated heterocycles. The lowest BCUT2D eigenvalue weighted by atomic mass is 9.92. The third-order valence-electron chi connectivity index (χ3n) is 4.36. The summed E-state index contributed by atoms with van der Waals surface area (Å²) in [6, 6.07) is 22.3. The standard InChI is InChI=1S/C22H15BrN2O3S/c23-15-10-12-17(13-11-15)29(27,28)25-20-14-21(24-16-6-2-1-3-7-16)22(26)19-9-5-4-8-18(19)20/h1-14,24H. The summed E-state index contributed by atoms with van der Waals surface area (Å²) in [4.78, 5) is 13.0. The summed E-state index contributed by atoms with van der Waals surface area (Å²) in [7, 11) is -3.95. The topological polar surface area (TPSA) is 75.6 Å². The van der Waals surface area contributed by atoms with Crippen molar-refractivity contribution in [2.24, 2.45) is 4.40 Å². The zero-order chi connectivity index (χ0) is 20.4. The second kappa shape index (κ2) is 7.77. The first-order valence-corrected chi connectivity index (χ1v) is 11.0. The van der Waals surface area contributed by atoms with Crippen LogP contribution in [0.25, 0.3) is 0 Å². The Morgan fingerprint density at radius 2 is 1.41 bits per heavy atom. The van der Waals surface area contributed by atoms with Gasteiger partial charge < -0.3 is 5.32 Å². The van der Waals surface area contributed by atoms with Gasteiger partial charge in [-0.15, -0.1) is 0 Å². The van der Waals surface area contributed by atoms with E-state index in [1.54, 1.807) is 36.4 Å². The number of carbonyl (C=O) groups excluding carboxylic acids is 1. The van der Waals surface area contributed by atoms with Crippen molar-refractivity contribution >= 4 is 43.1 Å². The van der Waals surface area contributed by atoms with Crippen molar-refractivity contribution in [2.45, 2.75) is 4.90 Å². The number of hydrogen-bond donors (Lipinski definition) is 1. The molecule has 0 aromatic heterocycles. The molecular weight excluding hydrogens is 452 g/mol. The summed E-state index contributed by atoms with van der Waals surface area (Å²) in [5.41, 5.74) is 2.08. The van der Waals surface area contributed by atoms with E-state index >= 15 is 0 Å². The molecule has 0 amide bonds. The number of halogens is 1. The van der Waals surface area contributed by atoms with E-state index in [9.17, 15) is 13.2 Å². The molecule has 4 rings (SSSR count). The first-order chi connectivity index (χ1) is 13.9. The van der Waals surface area contributed by atoms with Crippen molar-refractivity contribution in [3.63, 3.8) is 0 Å². The molecule has 3 aromatic rings. The Kier molecular flexibility index (Phi) is 5.17. The maximum Gasteiger partial charge on any atom is 0.282 e. The number of sulfonamides is 1. The summed E-state index contributed by atoms with van der Waals surface area (Å²) in [5, 5.41) is 3.06. The van der Waals surface area contributed by atoms with E-state index in [0.717, 1.165) is 10.2 Å². The van der Waals surface area contributed by atoms with Gasteiger partial charge in [-0.1, -0.05) is 58.4 Å². The number of anilines is 1. The van der Waals surface area contributed by atoms with Gasteiger partial charge in [0.25, 0.3) is 10.0 Å². The van der Waals surface area contributed by atoms with Crippen LogP contribution in [0.1, 0.15) is 15.9 Å². The van der Waals surface area contributed by atoms with Crippen molar-refractivity contribution in [1.29, 1.82) is 0 Å². The maximum absolute atomic E-state index is 12.9. The van der Waals surface area contributed by atoms with Crippen LogP contribution in [0, 0.1) is 0 Å². The molecule has 0 saturated carbocycles. The summed E-state index contributed by atoms with van der Waals surface area (Å²) >= 11 is 3.29. The first kappa shape index (κ1) is 19.3. The molecule has 0 fully saturated rings. The van der Waals surface area contributed by atoms with E-state index < -0.39 is 10.0 Å². The second-order valence-corrected chi connectivity index (χ2v) is 8.85. The molecule has 3 aromatic carbocycles. The number of allylic oxidation sites excluding steroid dienone is 2. The molecule has 1 aliphatic rings. The fourth-order valence-electron chi connectivity index (χ4n) is 2.96. The number of ketones is 1. The minimum absolute atomic E-state index is 0.0774. The van der Waals surface area contributed by atoms with Gasteiger partial charge >= 0.3 is 0 Å². The molecule has 5 nitrogen and oxygen atoms in total. The molecule has 0 atom stereocenters. The molecule has 0 aliphatic heterocycles. The van der Waals surface area contributed by atoms with Crippen LogP contribution >= 0.6 is 15.9 Å². The third-order valence-corrected chi connectivity index (χ3v) is 6.19. The number of para-hydroxylation sites is 1. The maximum atomic E-state index is 12.9. The number of carbonyl (C=O) groups is 1. The number of benzene rings is 3. The number of Topliss-reactive ketones (excluding diaryl/α,β-unsaturated/α-hetero) is 1. The quantitative estimate of drug-likeness (QED) is 0.597. The number of hydrogen-bond acceptors (Lipinski definition) is 4. The summed E-state index contributed by atoms with van der Waals surface area (Å²) in [6.07, 6.45) is 1.48. The molecule has 0 unspecified atom stereocenters. The second-order valence-electron chi connectivity index (χ2n) is 6.33. The van der Waals surface area contributed by atoms with Gasteiger partial charge in [0.1, 0.15) is 0 Å². The molecule has 0 spiro atoms. The monoisotopic (exact) mass is 466 g/mol. The first-order valence-electron chi connectivity index (χ1n) is 8.72. The van der Waals surface area contributed by atoms with Crippen molar-refractivity contribution in [2.75, 3.05) is 5.32 Å². The van der Waals surface area contributed by atoms with Gasteiger partial charge in [0, 0.05) is 21.3 Å². The van der Waals surface area contributed by atoms with Crippen LogP contribution in [0.5, 0.6) is 0 Å².